The van der Waals surface area contributed by atoms with Gasteiger partial charge in [-0.15, -0.1) is 11.3 Å². The number of nitrogens with one attached hydrogen (secondary N) is 1. The molecule has 30 heavy (non-hydrogen) atoms. The second-order valence-corrected chi connectivity index (χ2v) is 8.53. The van der Waals surface area contributed by atoms with Gasteiger partial charge in [0.2, 0.25) is 0 Å². The van der Waals surface area contributed by atoms with E-state index in [2.05, 4.69) is 12.2 Å². The summed E-state index contributed by atoms with van der Waals surface area (Å²) < 4.78 is 15.9. The summed E-state index contributed by atoms with van der Waals surface area (Å²) in [4.78, 5) is 26.7. The van der Waals surface area contributed by atoms with Crippen molar-refractivity contribution in [2.45, 2.75) is 26.2 Å². The van der Waals surface area contributed by atoms with Gasteiger partial charge in [-0.2, -0.15) is 0 Å². The van der Waals surface area contributed by atoms with Gasteiger partial charge in [0.05, 0.1) is 26.0 Å². The largest absolute Gasteiger partial charge is 0.497 e. The van der Waals surface area contributed by atoms with E-state index in [4.69, 9.17) is 14.2 Å². The first-order valence-corrected chi connectivity index (χ1v) is 10.6. The summed E-state index contributed by atoms with van der Waals surface area (Å²) >= 11 is 1.46. The van der Waals surface area contributed by atoms with Crippen LogP contribution in [0.5, 0.6) is 11.5 Å². The molecule has 2 aliphatic rings. The smallest absolute Gasteiger partial charge is 0.341 e. The molecule has 0 saturated heterocycles. The number of hydrogen-bond acceptors (Lipinski definition) is 6. The number of esters is 1. The number of methoxy groups -OCH3 is 2. The highest BCUT2D eigenvalue weighted by Gasteiger charge is 2.29. The molecule has 4 rings (SSSR count). The number of ether oxygens (including phenoxy) is 3. The number of amides is 1. The molecule has 2 aromatic rings. The van der Waals surface area contributed by atoms with E-state index in [0.29, 0.717) is 33.6 Å². The van der Waals surface area contributed by atoms with Crippen molar-refractivity contribution >= 4 is 34.3 Å². The van der Waals surface area contributed by atoms with Crippen molar-refractivity contribution in [1.82, 2.24) is 0 Å². The number of fused-ring (bicyclic) bond motifs is 2. The first-order valence-electron chi connectivity index (χ1n) is 9.77. The molecule has 1 unspecified atom stereocenters. The van der Waals surface area contributed by atoms with Crippen molar-refractivity contribution in [1.29, 1.82) is 0 Å². The lowest BCUT2D eigenvalue weighted by Gasteiger charge is -2.18. The Hall–Kier alpha value is -3.06. The van der Waals surface area contributed by atoms with Crippen LogP contribution >= 0.6 is 11.3 Å². The Balaban J connectivity index is 1.67. The third kappa shape index (κ3) is 3.85. The van der Waals surface area contributed by atoms with Crippen LogP contribution in [-0.4, -0.2) is 26.1 Å². The molecule has 0 bridgehead atoms. The summed E-state index contributed by atoms with van der Waals surface area (Å²) in [6, 6.07) is 5.39. The van der Waals surface area contributed by atoms with Crippen molar-refractivity contribution in [3.05, 3.63) is 57.7 Å². The predicted octanol–water partition coefficient (Wildman–Crippen LogP) is 4.60. The number of rotatable bonds is 4. The fourth-order valence-electron chi connectivity index (χ4n) is 3.74. The minimum Gasteiger partial charge on any atom is -0.497 e. The number of thiophene rings is 1. The van der Waals surface area contributed by atoms with E-state index in [1.54, 1.807) is 37.5 Å². The molecule has 156 valence electrons. The maximum atomic E-state index is 13.1. The predicted molar refractivity (Wildman–Crippen MR) is 116 cm³/mol. The van der Waals surface area contributed by atoms with Crippen molar-refractivity contribution in [3.63, 3.8) is 0 Å². The molecule has 6 nitrogen and oxygen atoms in total. The van der Waals surface area contributed by atoms with Crippen LogP contribution in [0.2, 0.25) is 0 Å². The molecule has 2 heterocycles. The molecule has 1 aliphatic heterocycles. The van der Waals surface area contributed by atoms with Gasteiger partial charge in [-0.3, -0.25) is 4.79 Å². The fourth-order valence-corrected chi connectivity index (χ4v) is 5.14. The van der Waals surface area contributed by atoms with Crippen LogP contribution in [0.15, 0.2) is 36.1 Å². The first kappa shape index (κ1) is 20.2. The third-order valence-electron chi connectivity index (χ3n) is 5.36. The molecule has 1 aromatic heterocycles. The Bertz CT molecular complexity index is 1070. The van der Waals surface area contributed by atoms with Crippen LogP contribution in [0.3, 0.4) is 0 Å². The zero-order valence-corrected chi connectivity index (χ0v) is 17.9. The Morgan fingerprint density at radius 3 is 2.87 bits per heavy atom. The van der Waals surface area contributed by atoms with Gasteiger partial charge in [0.25, 0.3) is 5.91 Å². The van der Waals surface area contributed by atoms with Gasteiger partial charge in [-0.05, 0) is 61.1 Å². The van der Waals surface area contributed by atoms with E-state index in [0.717, 1.165) is 35.3 Å². The molecular weight excluding hydrogens is 402 g/mol. The molecule has 0 radical (unpaired) electrons. The van der Waals surface area contributed by atoms with E-state index in [9.17, 15) is 9.59 Å². The van der Waals surface area contributed by atoms with Gasteiger partial charge < -0.3 is 19.5 Å². The molecule has 1 aliphatic carbocycles. The number of carbonyl (C=O) groups is 2. The van der Waals surface area contributed by atoms with Gasteiger partial charge in [-0.25, -0.2) is 4.79 Å². The van der Waals surface area contributed by atoms with Crippen LogP contribution in [0.1, 0.15) is 39.7 Å². The molecule has 0 spiro atoms. The summed E-state index contributed by atoms with van der Waals surface area (Å²) in [6.07, 6.45) is 7.57. The fraction of sp³-hybridized carbons (Fsp3) is 0.304. The summed E-state index contributed by atoms with van der Waals surface area (Å²) in [5.74, 6) is 1.12. The average Bonchev–Trinajstić information content (AvgIpc) is 2.94. The first-order chi connectivity index (χ1) is 14.5. The maximum Gasteiger partial charge on any atom is 0.341 e. The number of anilines is 1. The molecule has 7 heteroatoms. The van der Waals surface area contributed by atoms with Crippen LogP contribution in [0, 0.1) is 5.92 Å². The van der Waals surface area contributed by atoms with E-state index in [1.165, 1.54) is 24.7 Å². The van der Waals surface area contributed by atoms with E-state index in [-0.39, 0.29) is 5.91 Å². The van der Waals surface area contributed by atoms with Crippen LogP contribution in [-0.2, 0) is 22.4 Å². The summed E-state index contributed by atoms with van der Waals surface area (Å²) in [5, 5.41) is 3.47. The number of hydrogen-bond donors (Lipinski definition) is 1. The summed E-state index contributed by atoms with van der Waals surface area (Å²) in [5.41, 5.74) is 2.63. The lowest BCUT2D eigenvalue weighted by Crippen LogP contribution is -2.16. The van der Waals surface area contributed by atoms with Crippen molar-refractivity contribution in [2.75, 3.05) is 19.5 Å². The molecule has 0 saturated carbocycles. The third-order valence-corrected chi connectivity index (χ3v) is 6.53. The minimum absolute atomic E-state index is 0.317. The summed E-state index contributed by atoms with van der Waals surface area (Å²) in [6.45, 7) is 2.20. The lowest BCUT2D eigenvalue weighted by atomic mass is 9.88. The SMILES string of the molecule is COC(=O)c1c(NC(=O)C2=Cc3cc(OC)ccc3OC=C2)sc2c1CCC(C)C2. The molecule has 1 amide bonds. The Labute approximate surface area is 179 Å². The Morgan fingerprint density at radius 1 is 1.27 bits per heavy atom. The minimum atomic E-state index is -0.416. The quantitative estimate of drug-likeness (QED) is 0.725. The van der Waals surface area contributed by atoms with Crippen molar-refractivity contribution in [2.24, 2.45) is 5.92 Å². The number of benzene rings is 1. The van der Waals surface area contributed by atoms with Gasteiger partial charge in [0, 0.05) is 16.0 Å². The zero-order chi connectivity index (χ0) is 21.3. The highest BCUT2D eigenvalue weighted by molar-refractivity contribution is 7.17. The number of carbonyl (C=O) groups excluding carboxylic acids is 2. The van der Waals surface area contributed by atoms with Gasteiger partial charge >= 0.3 is 5.97 Å². The highest BCUT2D eigenvalue weighted by atomic mass is 32.1. The molecular formula is C23H23NO5S. The van der Waals surface area contributed by atoms with E-state index < -0.39 is 5.97 Å². The highest BCUT2D eigenvalue weighted by Crippen LogP contribution is 2.40. The van der Waals surface area contributed by atoms with E-state index in [1.807, 2.05) is 0 Å². The Kier molecular flexibility index (Phi) is 5.63. The van der Waals surface area contributed by atoms with Gasteiger partial charge in [0.1, 0.15) is 16.5 Å². The monoisotopic (exact) mass is 425 g/mol. The molecule has 1 N–H and O–H groups in total. The zero-order valence-electron chi connectivity index (χ0n) is 17.1. The van der Waals surface area contributed by atoms with Gasteiger partial charge in [0.15, 0.2) is 0 Å². The molecule has 0 fully saturated rings. The van der Waals surface area contributed by atoms with Crippen LogP contribution < -0.4 is 14.8 Å². The second kappa shape index (κ2) is 8.36. The van der Waals surface area contributed by atoms with Crippen LogP contribution in [0.4, 0.5) is 5.00 Å². The van der Waals surface area contributed by atoms with Crippen molar-refractivity contribution in [3.8, 4) is 11.5 Å². The topological polar surface area (TPSA) is 73.9 Å². The van der Waals surface area contributed by atoms with E-state index >= 15 is 0 Å². The lowest BCUT2D eigenvalue weighted by molar-refractivity contribution is -0.112. The standard InChI is InChI=1S/C23H23NO5S/c1-13-4-6-17-19(10-13)30-22(20(17)23(26)28-3)24-21(25)14-8-9-29-18-7-5-16(27-2)12-15(18)11-14/h5,7-9,11-13H,4,6,10H2,1-3H3,(H,24,25). The molecule has 1 aromatic carbocycles. The summed E-state index contributed by atoms with van der Waals surface area (Å²) in [7, 11) is 2.95. The normalized spacial score (nSPS) is 17.0. The average molecular weight is 426 g/mol. The molecule has 1 atom stereocenters. The van der Waals surface area contributed by atoms with Crippen molar-refractivity contribution < 1.29 is 23.8 Å². The van der Waals surface area contributed by atoms with Gasteiger partial charge in [-0.1, -0.05) is 6.92 Å². The van der Waals surface area contributed by atoms with Crippen LogP contribution in [0.25, 0.3) is 6.08 Å². The second-order valence-electron chi connectivity index (χ2n) is 7.43. The maximum absolute atomic E-state index is 13.1. The Morgan fingerprint density at radius 2 is 2.10 bits per heavy atom.